The quantitative estimate of drug-likeness (QED) is 0.947. The molecule has 0 aromatic heterocycles. The van der Waals surface area contributed by atoms with Crippen molar-refractivity contribution < 1.29 is 17.2 Å². The van der Waals surface area contributed by atoms with Crippen LogP contribution in [0.1, 0.15) is 11.1 Å². The molecule has 0 spiro atoms. The van der Waals surface area contributed by atoms with Gasteiger partial charge in [-0.2, -0.15) is 5.26 Å². The Morgan fingerprint density at radius 3 is 2.29 bits per heavy atom. The summed E-state index contributed by atoms with van der Waals surface area (Å²) in [7, 11) is -4.15. The highest BCUT2D eigenvalue weighted by atomic mass is 32.2. The highest BCUT2D eigenvalue weighted by Gasteiger charge is 2.19. The first-order chi connectivity index (χ1) is 9.85. The van der Waals surface area contributed by atoms with E-state index in [2.05, 4.69) is 0 Å². The van der Waals surface area contributed by atoms with Crippen molar-refractivity contribution in [3.8, 4) is 6.07 Å². The molecule has 2 rings (SSSR count). The van der Waals surface area contributed by atoms with Gasteiger partial charge in [0.15, 0.2) is 0 Å². The van der Waals surface area contributed by atoms with Crippen LogP contribution in [-0.4, -0.2) is 8.42 Å². The molecule has 2 aromatic rings. The van der Waals surface area contributed by atoms with Crippen LogP contribution in [0, 0.1) is 29.9 Å². The van der Waals surface area contributed by atoms with Gasteiger partial charge < -0.3 is 0 Å². The van der Waals surface area contributed by atoms with Crippen molar-refractivity contribution in [2.45, 2.75) is 11.8 Å². The van der Waals surface area contributed by atoms with Crippen LogP contribution in [0.3, 0.4) is 0 Å². The first-order valence-electron chi connectivity index (χ1n) is 5.83. The molecule has 0 saturated heterocycles. The molecule has 0 amide bonds. The molecule has 0 heterocycles. The minimum absolute atomic E-state index is 0.179. The van der Waals surface area contributed by atoms with Crippen LogP contribution in [0.25, 0.3) is 0 Å². The summed E-state index contributed by atoms with van der Waals surface area (Å²) in [5.74, 6) is -2.02. The van der Waals surface area contributed by atoms with E-state index in [1.54, 1.807) is 6.92 Å². The van der Waals surface area contributed by atoms with Gasteiger partial charge in [0.05, 0.1) is 16.5 Å². The maximum Gasteiger partial charge on any atom is 0.262 e. The van der Waals surface area contributed by atoms with Crippen molar-refractivity contribution in [2.75, 3.05) is 4.72 Å². The van der Waals surface area contributed by atoms with E-state index >= 15 is 0 Å². The Morgan fingerprint density at radius 1 is 1.14 bits per heavy atom. The average Bonchev–Trinajstić information content (AvgIpc) is 2.43. The normalized spacial score (nSPS) is 11.0. The van der Waals surface area contributed by atoms with E-state index in [9.17, 15) is 17.2 Å². The summed E-state index contributed by atoms with van der Waals surface area (Å²) in [6, 6.07) is 8.74. The monoisotopic (exact) mass is 308 g/mol. The molecule has 0 aliphatic rings. The molecule has 108 valence electrons. The Morgan fingerprint density at radius 2 is 1.76 bits per heavy atom. The molecule has 4 nitrogen and oxygen atoms in total. The maximum absolute atomic E-state index is 13.5. The van der Waals surface area contributed by atoms with Crippen molar-refractivity contribution in [2.24, 2.45) is 0 Å². The molecule has 0 atom stereocenters. The zero-order valence-corrected chi connectivity index (χ0v) is 11.7. The standard InChI is InChI=1S/C14H10F2N2O2S/c1-9-7-11(6-5-10(9)8-17)21(19,20)18-14-12(15)3-2-4-13(14)16/h2-7,18H,1H3. The SMILES string of the molecule is Cc1cc(S(=O)(=O)Nc2c(F)cccc2F)ccc1C#N. The number of hydrogen-bond acceptors (Lipinski definition) is 3. The van der Waals surface area contributed by atoms with E-state index < -0.39 is 27.3 Å². The topological polar surface area (TPSA) is 70.0 Å². The van der Waals surface area contributed by atoms with Crippen LogP contribution >= 0.6 is 0 Å². The number of aryl methyl sites for hydroxylation is 1. The lowest BCUT2D eigenvalue weighted by atomic mass is 10.1. The molecule has 0 bridgehead atoms. The van der Waals surface area contributed by atoms with Gasteiger partial charge in [-0.25, -0.2) is 17.2 Å². The molecule has 0 fully saturated rings. The number of nitrogens with zero attached hydrogens (tertiary/aromatic N) is 1. The van der Waals surface area contributed by atoms with Crippen molar-refractivity contribution in [1.29, 1.82) is 5.26 Å². The highest BCUT2D eigenvalue weighted by Crippen LogP contribution is 2.23. The fraction of sp³-hybridized carbons (Fsp3) is 0.0714. The summed E-state index contributed by atoms with van der Waals surface area (Å²) < 4.78 is 53.1. The number of anilines is 1. The number of nitriles is 1. The molecule has 0 radical (unpaired) electrons. The summed E-state index contributed by atoms with van der Waals surface area (Å²) in [5.41, 5.74) is 0.0416. The van der Waals surface area contributed by atoms with Crippen molar-refractivity contribution in [1.82, 2.24) is 0 Å². The van der Waals surface area contributed by atoms with Crippen LogP contribution in [0.15, 0.2) is 41.3 Å². The predicted octanol–water partition coefficient (Wildman–Crippen LogP) is 2.95. The Balaban J connectivity index is 2.44. The molecule has 1 N–H and O–H groups in total. The maximum atomic E-state index is 13.5. The molecule has 7 heteroatoms. The van der Waals surface area contributed by atoms with E-state index in [0.29, 0.717) is 11.1 Å². The molecule has 0 unspecified atom stereocenters. The minimum Gasteiger partial charge on any atom is -0.274 e. The van der Waals surface area contributed by atoms with Gasteiger partial charge in [-0.15, -0.1) is 0 Å². The Labute approximate surface area is 120 Å². The third-order valence-electron chi connectivity index (χ3n) is 2.83. The Bertz CT molecular complexity index is 822. The van der Waals surface area contributed by atoms with E-state index in [0.717, 1.165) is 18.2 Å². The van der Waals surface area contributed by atoms with Crippen molar-refractivity contribution in [3.05, 3.63) is 59.2 Å². The van der Waals surface area contributed by atoms with E-state index in [-0.39, 0.29) is 4.90 Å². The van der Waals surface area contributed by atoms with Crippen LogP contribution in [-0.2, 0) is 10.0 Å². The summed E-state index contributed by atoms with van der Waals surface area (Å²) in [6.45, 7) is 1.57. The number of rotatable bonds is 3. The van der Waals surface area contributed by atoms with E-state index in [1.807, 2.05) is 10.8 Å². The van der Waals surface area contributed by atoms with Gasteiger partial charge in [0.1, 0.15) is 17.3 Å². The zero-order valence-electron chi connectivity index (χ0n) is 10.9. The van der Waals surface area contributed by atoms with Gasteiger partial charge in [-0.05, 0) is 42.8 Å². The van der Waals surface area contributed by atoms with Crippen LogP contribution in [0.2, 0.25) is 0 Å². The van der Waals surface area contributed by atoms with Crippen LogP contribution in [0.4, 0.5) is 14.5 Å². The number of halogens is 2. The van der Waals surface area contributed by atoms with Gasteiger partial charge in [-0.3, -0.25) is 4.72 Å². The summed E-state index contributed by atoms with van der Waals surface area (Å²) in [5, 5.41) is 8.81. The molecular weight excluding hydrogens is 298 g/mol. The lowest BCUT2D eigenvalue weighted by molar-refractivity contribution is 0.583. The number of hydrogen-bond donors (Lipinski definition) is 1. The third kappa shape index (κ3) is 3.01. The van der Waals surface area contributed by atoms with Gasteiger partial charge in [0, 0.05) is 0 Å². The second-order valence-electron chi connectivity index (χ2n) is 4.29. The number of para-hydroxylation sites is 1. The number of sulfonamides is 1. The number of benzene rings is 2. The first kappa shape index (κ1) is 14.9. The van der Waals surface area contributed by atoms with E-state index in [4.69, 9.17) is 5.26 Å². The van der Waals surface area contributed by atoms with Crippen LogP contribution < -0.4 is 4.72 Å². The largest absolute Gasteiger partial charge is 0.274 e. The fourth-order valence-corrected chi connectivity index (χ4v) is 2.88. The molecule has 2 aromatic carbocycles. The summed E-state index contributed by atoms with van der Waals surface area (Å²) >= 11 is 0. The summed E-state index contributed by atoms with van der Waals surface area (Å²) in [4.78, 5) is -0.179. The second kappa shape index (κ2) is 5.50. The van der Waals surface area contributed by atoms with E-state index in [1.165, 1.54) is 18.2 Å². The molecule has 0 aliphatic carbocycles. The molecular formula is C14H10F2N2O2S. The molecule has 0 aliphatic heterocycles. The predicted molar refractivity (Wildman–Crippen MR) is 73.1 cm³/mol. The molecule has 21 heavy (non-hydrogen) atoms. The lowest BCUT2D eigenvalue weighted by Crippen LogP contribution is -2.15. The van der Waals surface area contributed by atoms with Crippen LogP contribution in [0.5, 0.6) is 0 Å². The van der Waals surface area contributed by atoms with Gasteiger partial charge in [0.2, 0.25) is 0 Å². The van der Waals surface area contributed by atoms with Gasteiger partial charge >= 0.3 is 0 Å². The van der Waals surface area contributed by atoms with Crippen molar-refractivity contribution in [3.63, 3.8) is 0 Å². The minimum atomic E-state index is -4.15. The smallest absolute Gasteiger partial charge is 0.262 e. The average molecular weight is 308 g/mol. The number of nitrogens with one attached hydrogen (secondary N) is 1. The summed E-state index contributed by atoms with van der Waals surface area (Å²) in [6.07, 6.45) is 0. The Hall–Kier alpha value is -2.46. The van der Waals surface area contributed by atoms with Gasteiger partial charge in [0.25, 0.3) is 10.0 Å². The third-order valence-corrected chi connectivity index (χ3v) is 4.18. The fourth-order valence-electron chi connectivity index (χ4n) is 1.72. The van der Waals surface area contributed by atoms with Gasteiger partial charge in [-0.1, -0.05) is 6.07 Å². The highest BCUT2D eigenvalue weighted by molar-refractivity contribution is 7.92. The molecule has 0 saturated carbocycles. The first-order valence-corrected chi connectivity index (χ1v) is 7.31. The second-order valence-corrected chi connectivity index (χ2v) is 5.97. The Kier molecular flexibility index (Phi) is 3.91. The zero-order chi connectivity index (χ0) is 15.6. The van der Waals surface area contributed by atoms with Crippen molar-refractivity contribution >= 4 is 15.7 Å². The lowest BCUT2D eigenvalue weighted by Gasteiger charge is -2.10.